The monoisotopic (exact) mass is 306 g/mol. The third kappa shape index (κ3) is 4.14. The number of thiocarbonyl (C=S) groups is 1. The SMILES string of the molecule is NC(=S)c1cc(F)ccc1CN(CC(F)(F)F)C1CC1. The zero-order valence-electron chi connectivity index (χ0n) is 10.6. The van der Waals surface area contributed by atoms with Crippen molar-refractivity contribution in [1.82, 2.24) is 4.90 Å². The van der Waals surface area contributed by atoms with E-state index in [9.17, 15) is 17.6 Å². The van der Waals surface area contributed by atoms with E-state index in [1.807, 2.05) is 0 Å². The van der Waals surface area contributed by atoms with Crippen LogP contribution < -0.4 is 5.73 Å². The van der Waals surface area contributed by atoms with Crippen molar-refractivity contribution < 1.29 is 17.6 Å². The minimum atomic E-state index is -4.26. The molecular weight excluding hydrogens is 292 g/mol. The molecule has 0 aliphatic heterocycles. The first kappa shape index (κ1) is 15.2. The standard InChI is InChI=1S/C13H14F4N2S/c14-9-2-1-8(11(5-9)12(18)20)6-19(10-3-4-10)7-13(15,16)17/h1-2,5,10H,3-4,6-7H2,(H2,18,20). The molecular formula is C13H14F4N2S. The third-order valence-corrected chi connectivity index (χ3v) is 3.38. The predicted molar refractivity (Wildman–Crippen MR) is 71.8 cm³/mol. The Morgan fingerprint density at radius 1 is 1.35 bits per heavy atom. The second-order valence-corrected chi connectivity index (χ2v) is 5.36. The lowest BCUT2D eigenvalue weighted by Gasteiger charge is -2.24. The predicted octanol–water partition coefficient (Wildman–Crippen LogP) is 2.99. The van der Waals surface area contributed by atoms with E-state index in [0.29, 0.717) is 11.1 Å². The average molecular weight is 306 g/mol. The Balaban J connectivity index is 2.20. The summed E-state index contributed by atoms with van der Waals surface area (Å²) in [5.74, 6) is -0.509. The van der Waals surface area contributed by atoms with Gasteiger partial charge in [0.1, 0.15) is 10.8 Å². The number of alkyl halides is 3. The smallest absolute Gasteiger partial charge is 0.389 e. The summed E-state index contributed by atoms with van der Waals surface area (Å²) in [6, 6.07) is 3.74. The van der Waals surface area contributed by atoms with Crippen LogP contribution in [0, 0.1) is 5.82 Å². The first-order chi connectivity index (χ1) is 9.26. The van der Waals surface area contributed by atoms with Crippen molar-refractivity contribution in [3.05, 3.63) is 35.1 Å². The summed E-state index contributed by atoms with van der Waals surface area (Å²) in [6.07, 6.45) is -2.76. The van der Waals surface area contributed by atoms with Crippen LogP contribution in [-0.4, -0.2) is 28.7 Å². The van der Waals surface area contributed by atoms with Crippen molar-refractivity contribution in [3.63, 3.8) is 0 Å². The summed E-state index contributed by atoms with van der Waals surface area (Å²) in [7, 11) is 0. The minimum Gasteiger partial charge on any atom is -0.389 e. The van der Waals surface area contributed by atoms with Gasteiger partial charge in [-0.15, -0.1) is 0 Å². The van der Waals surface area contributed by atoms with Crippen LogP contribution in [0.3, 0.4) is 0 Å². The fourth-order valence-corrected chi connectivity index (χ4v) is 2.31. The first-order valence-corrected chi connectivity index (χ1v) is 6.56. The molecule has 0 saturated heterocycles. The van der Waals surface area contributed by atoms with Crippen LogP contribution >= 0.6 is 12.2 Å². The molecule has 1 aliphatic rings. The molecule has 0 heterocycles. The quantitative estimate of drug-likeness (QED) is 0.670. The molecule has 0 aromatic heterocycles. The molecule has 0 atom stereocenters. The molecule has 2 nitrogen and oxygen atoms in total. The molecule has 0 spiro atoms. The second-order valence-electron chi connectivity index (χ2n) is 4.92. The summed E-state index contributed by atoms with van der Waals surface area (Å²) in [4.78, 5) is 1.33. The maximum atomic E-state index is 13.2. The van der Waals surface area contributed by atoms with Crippen molar-refractivity contribution in [2.45, 2.75) is 31.6 Å². The molecule has 2 N–H and O–H groups in total. The van der Waals surface area contributed by atoms with Crippen molar-refractivity contribution >= 4 is 17.2 Å². The summed E-state index contributed by atoms with van der Waals surface area (Å²) >= 11 is 4.82. The van der Waals surface area contributed by atoms with Crippen LogP contribution in [0.15, 0.2) is 18.2 Å². The molecule has 0 amide bonds. The minimum absolute atomic E-state index is 0.0118. The summed E-state index contributed by atoms with van der Waals surface area (Å²) < 4.78 is 50.9. The zero-order valence-corrected chi connectivity index (χ0v) is 11.4. The Morgan fingerprint density at radius 3 is 2.50 bits per heavy atom. The van der Waals surface area contributed by atoms with Crippen LogP contribution in [0.5, 0.6) is 0 Å². The molecule has 0 bridgehead atoms. The number of hydrogen-bond donors (Lipinski definition) is 1. The highest BCUT2D eigenvalue weighted by atomic mass is 32.1. The number of nitrogens with two attached hydrogens (primary N) is 1. The fraction of sp³-hybridized carbons (Fsp3) is 0.462. The van der Waals surface area contributed by atoms with Gasteiger partial charge in [0.25, 0.3) is 0 Å². The van der Waals surface area contributed by atoms with Gasteiger partial charge in [0.15, 0.2) is 0 Å². The van der Waals surface area contributed by atoms with Crippen molar-refractivity contribution in [3.8, 4) is 0 Å². The van der Waals surface area contributed by atoms with Crippen LogP contribution in [0.1, 0.15) is 24.0 Å². The molecule has 1 aliphatic carbocycles. The lowest BCUT2D eigenvalue weighted by Crippen LogP contribution is -2.36. The van der Waals surface area contributed by atoms with Crippen molar-refractivity contribution in [1.29, 1.82) is 0 Å². The van der Waals surface area contributed by atoms with Gasteiger partial charge in [-0.3, -0.25) is 4.90 Å². The summed E-state index contributed by atoms with van der Waals surface area (Å²) in [5.41, 5.74) is 6.32. The van der Waals surface area contributed by atoms with E-state index in [0.717, 1.165) is 18.9 Å². The van der Waals surface area contributed by atoms with E-state index < -0.39 is 18.5 Å². The molecule has 0 unspecified atom stereocenters. The zero-order chi connectivity index (χ0) is 14.9. The van der Waals surface area contributed by atoms with Gasteiger partial charge < -0.3 is 5.73 Å². The lowest BCUT2D eigenvalue weighted by molar-refractivity contribution is -0.148. The van der Waals surface area contributed by atoms with E-state index in [-0.39, 0.29) is 17.6 Å². The van der Waals surface area contributed by atoms with Crippen LogP contribution in [0.4, 0.5) is 17.6 Å². The van der Waals surface area contributed by atoms with Gasteiger partial charge in [-0.05, 0) is 30.5 Å². The third-order valence-electron chi connectivity index (χ3n) is 3.16. The molecule has 7 heteroatoms. The normalized spacial score (nSPS) is 15.7. The van der Waals surface area contributed by atoms with E-state index >= 15 is 0 Å². The van der Waals surface area contributed by atoms with Gasteiger partial charge in [-0.2, -0.15) is 13.2 Å². The van der Waals surface area contributed by atoms with Crippen LogP contribution in [0.2, 0.25) is 0 Å². The number of rotatable bonds is 5. The van der Waals surface area contributed by atoms with E-state index in [1.165, 1.54) is 17.0 Å². The van der Waals surface area contributed by atoms with E-state index in [1.54, 1.807) is 0 Å². The van der Waals surface area contributed by atoms with E-state index in [2.05, 4.69) is 0 Å². The molecule has 1 saturated carbocycles. The number of halogens is 4. The number of hydrogen-bond acceptors (Lipinski definition) is 2. The number of nitrogens with zero attached hydrogens (tertiary/aromatic N) is 1. The average Bonchev–Trinajstić information content (AvgIpc) is 3.12. The maximum Gasteiger partial charge on any atom is 0.401 e. The molecule has 1 fully saturated rings. The molecule has 110 valence electrons. The van der Waals surface area contributed by atoms with Gasteiger partial charge in [-0.25, -0.2) is 4.39 Å². The lowest BCUT2D eigenvalue weighted by atomic mass is 10.1. The van der Waals surface area contributed by atoms with Gasteiger partial charge in [0.2, 0.25) is 0 Å². The van der Waals surface area contributed by atoms with Gasteiger partial charge in [0.05, 0.1) is 6.54 Å². The molecule has 1 aromatic rings. The van der Waals surface area contributed by atoms with Crippen LogP contribution in [-0.2, 0) is 6.54 Å². The fourth-order valence-electron chi connectivity index (χ4n) is 2.12. The van der Waals surface area contributed by atoms with Gasteiger partial charge in [0, 0.05) is 18.2 Å². The van der Waals surface area contributed by atoms with E-state index in [4.69, 9.17) is 18.0 Å². The Hall–Kier alpha value is -1.21. The summed E-state index contributed by atoms with van der Waals surface area (Å²) in [5, 5.41) is 0. The van der Waals surface area contributed by atoms with Crippen LogP contribution in [0.25, 0.3) is 0 Å². The van der Waals surface area contributed by atoms with Crippen molar-refractivity contribution in [2.75, 3.05) is 6.54 Å². The topological polar surface area (TPSA) is 29.3 Å². The van der Waals surface area contributed by atoms with Crippen molar-refractivity contribution in [2.24, 2.45) is 5.73 Å². The maximum absolute atomic E-state index is 13.2. The molecule has 1 aromatic carbocycles. The second kappa shape index (κ2) is 5.65. The largest absolute Gasteiger partial charge is 0.401 e. The molecule has 20 heavy (non-hydrogen) atoms. The molecule has 2 rings (SSSR count). The highest BCUT2D eigenvalue weighted by Crippen LogP contribution is 2.32. The molecule has 0 radical (unpaired) electrons. The Morgan fingerprint density at radius 2 is 2.00 bits per heavy atom. The highest BCUT2D eigenvalue weighted by Gasteiger charge is 2.38. The van der Waals surface area contributed by atoms with Gasteiger partial charge >= 0.3 is 6.18 Å². The van der Waals surface area contributed by atoms with Gasteiger partial charge in [-0.1, -0.05) is 18.3 Å². The Kier molecular flexibility index (Phi) is 4.29. The summed E-state index contributed by atoms with van der Waals surface area (Å²) in [6.45, 7) is -0.914. The number of benzene rings is 1. The highest BCUT2D eigenvalue weighted by molar-refractivity contribution is 7.80. The Bertz CT molecular complexity index is 512. The Labute approximate surface area is 119 Å². The first-order valence-electron chi connectivity index (χ1n) is 6.15.